The number of hydrogen-bond donors (Lipinski definition) is 1. The molecule has 0 spiro atoms. The first-order valence-electron chi connectivity index (χ1n) is 6.12. The van der Waals surface area contributed by atoms with Crippen molar-refractivity contribution in [2.75, 3.05) is 6.61 Å². The standard InChI is InChI=1S/C14H26O/c1-4-5-6-8-13(2)9-7-10-14(3)11-12-15/h9,11,15H,4-8,10,12H2,1-3H3. The van der Waals surface area contributed by atoms with E-state index in [4.69, 9.17) is 5.11 Å². The molecule has 0 aromatic carbocycles. The van der Waals surface area contributed by atoms with Crippen LogP contribution in [0.1, 0.15) is 59.3 Å². The van der Waals surface area contributed by atoms with E-state index < -0.39 is 0 Å². The molecule has 1 nitrogen and oxygen atoms in total. The molecule has 88 valence electrons. The lowest BCUT2D eigenvalue weighted by Gasteiger charge is -2.01. The molecular formula is C14H26O. The first-order chi connectivity index (χ1) is 7.20. The van der Waals surface area contributed by atoms with Gasteiger partial charge in [0.15, 0.2) is 0 Å². The van der Waals surface area contributed by atoms with Crippen molar-refractivity contribution in [3.05, 3.63) is 23.3 Å². The van der Waals surface area contributed by atoms with E-state index in [1.165, 1.54) is 36.8 Å². The molecular weight excluding hydrogens is 184 g/mol. The van der Waals surface area contributed by atoms with Gasteiger partial charge in [-0.15, -0.1) is 0 Å². The second-order valence-electron chi connectivity index (χ2n) is 4.28. The fourth-order valence-corrected chi connectivity index (χ4v) is 1.56. The Kier molecular flexibility index (Phi) is 9.60. The van der Waals surface area contributed by atoms with Crippen LogP contribution in [0, 0.1) is 0 Å². The molecule has 0 aromatic heterocycles. The van der Waals surface area contributed by atoms with Crippen molar-refractivity contribution in [2.24, 2.45) is 0 Å². The first-order valence-corrected chi connectivity index (χ1v) is 6.12. The molecule has 1 N–H and O–H groups in total. The topological polar surface area (TPSA) is 20.2 Å². The Morgan fingerprint density at radius 3 is 2.27 bits per heavy atom. The summed E-state index contributed by atoms with van der Waals surface area (Å²) in [7, 11) is 0. The van der Waals surface area contributed by atoms with E-state index in [0.717, 1.165) is 12.8 Å². The third-order valence-electron chi connectivity index (χ3n) is 2.65. The molecule has 0 saturated carbocycles. The summed E-state index contributed by atoms with van der Waals surface area (Å²) in [5.41, 5.74) is 2.80. The summed E-state index contributed by atoms with van der Waals surface area (Å²) < 4.78 is 0. The van der Waals surface area contributed by atoms with Crippen LogP contribution in [0.4, 0.5) is 0 Å². The Balaban J connectivity index is 3.62. The number of aliphatic hydroxyl groups is 1. The van der Waals surface area contributed by atoms with E-state index in [1.54, 1.807) is 0 Å². The van der Waals surface area contributed by atoms with Gasteiger partial charge in [0.05, 0.1) is 6.61 Å². The molecule has 15 heavy (non-hydrogen) atoms. The van der Waals surface area contributed by atoms with Crippen LogP contribution in [0.2, 0.25) is 0 Å². The molecule has 1 heteroatoms. The van der Waals surface area contributed by atoms with E-state index in [9.17, 15) is 0 Å². The molecule has 0 atom stereocenters. The van der Waals surface area contributed by atoms with Gasteiger partial charge in [0, 0.05) is 0 Å². The van der Waals surface area contributed by atoms with Gasteiger partial charge >= 0.3 is 0 Å². The fourth-order valence-electron chi connectivity index (χ4n) is 1.56. The van der Waals surface area contributed by atoms with E-state index in [2.05, 4.69) is 26.8 Å². The monoisotopic (exact) mass is 210 g/mol. The third kappa shape index (κ3) is 9.74. The zero-order valence-corrected chi connectivity index (χ0v) is 10.6. The first kappa shape index (κ1) is 14.4. The molecule has 0 aromatic rings. The summed E-state index contributed by atoms with van der Waals surface area (Å²) in [6.07, 6.45) is 11.6. The minimum absolute atomic E-state index is 0.172. The minimum Gasteiger partial charge on any atom is -0.392 e. The summed E-state index contributed by atoms with van der Waals surface area (Å²) in [6, 6.07) is 0. The third-order valence-corrected chi connectivity index (χ3v) is 2.65. The summed E-state index contributed by atoms with van der Waals surface area (Å²) in [4.78, 5) is 0. The molecule has 0 heterocycles. The largest absolute Gasteiger partial charge is 0.392 e. The predicted molar refractivity (Wildman–Crippen MR) is 68.0 cm³/mol. The molecule has 0 amide bonds. The molecule has 0 aliphatic rings. The number of allylic oxidation sites excluding steroid dienone is 3. The Labute approximate surface area is 94.9 Å². The van der Waals surface area contributed by atoms with Gasteiger partial charge < -0.3 is 5.11 Å². The Morgan fingerprint density at radius 1 is 1.00 bits per heavy atom. The van der Waals surface area contributed by atoms with Crippen LogP contribution in [0.25, 0.3) is 0 Å². The Bertz CT molecular complexity index is 201. The second-order valence-corrected chi connectivity index (χ2v) is 4.28. The maximum absolute atomic E-state index is 8.70. The van der Waals surface area contributed by atoms with Crippen molar-refractivity contribution in [3.8, 4) is 0 Å². The summed E-state index contributed by atoms with van der Waals surface area (Å²) in [5, 5.41) is 8.70. The molecule has 0 aliphatic heterocycles. The van der Waals surface area contributed by atoms with Gasteiger partial charge in [0.25, 0.3) is 0 Å². The van der Waals surface area contributed by atoms with Crippen LogP contribution in [0.3, 0.4) is 0 Å². The molecule has 0 unspecified atom stereocenters. The van der Waals surface area contributed by atoms with Crippen LogP contribution in [0.5, 0.6) is 0 Å². The molecule has 0 bridgehead atoms. The lowest BCUT2D eigenvalue weighted by atomic mass is 10.1. The quantitative estimate of drug-likeness (QED) is 0.469. The molecule has 0 radical (unpaired) electrons. The zero-order chi connectivity index (χ0) is 11.5. The Morgan fingerprint density at radius 2 is 1.67 bits per heavy atom. The van der Waals surface area contributed by atoms with Gasteiger partial charge in [-0.05, 0) is 39.5 Å². The van der Waals surface area contributed by atoms with Crippen LogP contribution < -0.4 is 0 Å². The highest BCUT2D eigenvalue weighted by molar-refractivity contribution is 5.03. The highest BCUT2D eigenvalue weighted by Crippen LogP contribution is 2.11. The lowest BCUT2D eigenvalue weighted by molar-refractivity contribution is 0.341. The van der Waals surface area contributed by atoms with Crippen LogP contribution in [-0.2, 0) is 0 Å². The highest BCUT2D eigenvalue weighted by atomic mass is 16.2. The van der Waals surface area contributed by atoms with E-state index in [0.29, 0.717) is 0 Å². The van der Waals surface area contributed by atoms with Crippen molar-refractivity contribution in [2.45, 2.75) is 59.3 Å². The van der Waals surface area contributed by atoms with Gasteiger partial charge in [0.1, 0.15) is 0 Å². The second kappa shape index (κ2) is 9.97. The normalized spacial score (nSPS) is 13.3. The van der Waals surface area contributed by atoms with Gasteiger partial charge in [-0.25, -0.2) is 0 Å². The minimum atomic E-state index is 0.172. The SMILES string of the molecule is CCCCCC(C)=CCCC(C)=CCO. The summed E-state index contributed by atoms with van der Waals surface area (Å²) in [6.45, 7) is 6.71. The highest BCUT2D eigenvalue weighted by Gasteiger charge is 1.91. The van der Waals surface area contributed by atoms with Gasteiger partial charge in [-0.1, -0.05) is 43.1 Å². The summed E-state index contributed by atoms with van der Waals surface area (Å²) >= 11 is 0. The smallest absolute Gasteiger partial charge is 0.0614 e. The number of hydrogen-bond acceptors (Lipinski definition) is 1. The van der Waals surface area contributed by atoms with Gasteiger partial charge in [-0.3, -0.25) is 0 Å². The fraction of sp³-hybridized carbons (Fsp3) is 0.714. The van der Waals surface area contributed by atoms with Crippen molar-refractivity contribution >= 4 is 0 Å². The molecule has 0 aliphatic carbocycles. The van der Waals surface area contributed by atoms with Crippen molar-refractivity contribution in [1.82, 2.24) is 0 Å². The predicted octanol–water partition coefficient (Wildman–Crippen LogP) is 4.23. The van der Waals surface area contributed by atoms with Crippen molar-refractivity contribution in [1.29, 1.82) is 0 Å². The van der Waals surface area contributed by atoms with E-state index in [-0.39, 0.29) is 6.61 Å². The molecule has 0 saturated heterocycles. The number of rotatable bonds is 8. The van der Waals surface area contributed by atoms with Crippen molar-refractivity contribution in [3.63, 3.8) is 0 Å². The molecule has 0 fully saturated rings. The van der Waals surface area contributed by atoms with Crippen LogP contribution in [0.15, 0.2) is 23.3 Å². The van der Waals surface area contributed by atoms with Crippen LogP contribution >= 0.6 is 0 Å². The molecule has 0 rings (SSSR count). The summed E-state index contributed by atoms with van der Waals surface area (Å²) in [5.74, 6) is 0. The van der Waals surface area contributed by atoms with Crippen molar-refractivity contribution < 1.29 is 5.11 Å². The zero-order valence-electron chi connectivity index (χ0n) is 10.6. The van der Waals surface area contributed by atoms with E-state index in [1.807, 2.05) is 6.08 Å². The number of aliphatic hydroxyl groups excluding tert-OH is 1. The van der Waals surface area contributed by atoms with Gasteiger partial charge in [-0.2, -0.15) is 0 Å². The number of unbranched alkanes of at least 4 members (excludes halogenated alkanes) is 2. The maximum Gasteiger partial charge on any atom is 0.0614 e. The lowest BCUT2D eigenvalue weighted by Crippen LogP contribution is -1.83. The Hall–Kier alpha value is -0.560. The van der Waals surface area contributed by atoms with Gasteiger partial charge in [0.2, 0.25) is 0 Å². The average molecular weight is 210 g/mol. The van der Waals surface area contributed by atoms with Crippen LogP contribution in [-0.4, -0.2) is 11.7 Å². The maximum atomic E-state index is 8.70. The average Bonchev–Trinajstić information content (AvgIpc) is 2.18. The van der Waals surface area contributed by atoms with E-state index >= 15 is 0 Å².